The van der Waals surface area contributed by atoms with Crippen LogP contribution in [0.3, 0.4) is 0 Å². The number of nitrogens with one attached hydrogen (secondary N) is 1. The number of hydrogen-bond acceptors (Lipinski definition) is 6. The van der Waals surface area contributed by atoms with Crippen LogP contribution < -0.4 is 5.32 Å². The van der Waals surface area contributed by atoms with E-state index in [9.17, 15) is 0 Å². The highest BCUT2D eigenvalue weighted by Gasteiger charge is 2.22. The van der Waals surface area contributed by atoms with E-state index in [1.807, 2.05) is 0 Å². The number of hydrogen-bond donors (Lipinski definition) is 1. The van der Waals surface area contributed by atoms with E-state index < -0.39 is 0 Å². The second-order valence-electron chi connectivity index (χ2n) is 3.73. The minimum Gasteiger partial charge on any atom is -0.334 e. The molecule has 0 radical (unpaired) electrons. The van der Waals surface area contributed by atoms with Crippen molar-refractivity contribution in [2.24, 2.45) is 0 Å². The topological polar surface area (TPSA) is 76.7 Å². The van der Waals surface area contributed by atoms with Crippen molar-refractivity contribution in [3.63, 3.8) is 0 Å². The van der Waals surface area contributed by atoms with E-state index in [1.165, 1.54) is 6.33 Å². The summed E-state index contributed by atoms with van der Waals surface area (Å²) in [6, 6.07) is 0.224. The SMILES string of the molecule is c1ncc(-c2nc(C3CCCN3)no2)cn1. The van der Waals surface area contributed by atoms with Crippen LogP contribution in [0.4, 0.5) is 0 Å². The van der Waals surface area contributed by atoms with Gasteiger partial charge in [0, 0.05) is 12.4 Å². The zero-order valence-corrected chi connectivity index (χ0v) is 8.63. The quantitative estimate of drug-likeness (QED) is 0.807. The van der Waals surface area contributed by atoms with Gasteiger partial charge in [-0.25, -0.2) is 9.97 Å². The molecule has 82 valence electrons. The number of aromatic nitrogens is 4. The van der Waals surface area contributed by atoms with Gasteiger partial charge in [-0.3, -0.25) is 0 Å². The highest BCUT2D eigenvalue weighted by atomic mass is 16.5. The van der Waals surface area contributed by atoms with Crippen LogP contribution in [0.2, 0.25) is 0 Å². The van der Waals surface area contributed by atoms with Crippen LogP contribution in [0, 0.1) is 0 Å². The van der Waals surface area contributed by atoms with Gasteiger partial charge in [0.25, 0.3) is 5.89 Å². The number of nitrogens with zero attached hydrogens (tertiary/aromatic N) is 4. The van der Waals surface area contributed by atoms with Crippen molar-refractivity contribution in [2.75, 3.05) is 6.54 Å². The van der Waals surface area contributed by atoms with Crippen LogP contribution in [-0.2, 0) is 0 Å². The Labute approximate surface area is 92.1 Å². The molecule has 2 aromatic rings. The molecule has 6 heteroatoms. The van der Waals surface area contributed by atoms with Gasteiger partial charge in [0.05, 0.1) is 11.6 Å². The van der Waals surface area contributed by atoms with E-state index in [4.69, 9.17) is 4.52 Å². The van der Waals surface area contributed by atoms with Crippen LogP contribution in [0.15, 0.2) is 23.2 Å². The highest BCUT2D eigenvalue weighted by molar-refractivity contribution is 5.48. The lowest BCUT2D eigenvalue weighted by Crippen LogP contribution is -2.14. The van der Waals surface area contributed by atoms with Crippen LogP contribution in [0.25, 0.3) is 11.5 Å². The van der Waals surface area contributed by atoms with E-state index in [-0.39, 0.29) is 6.04 Å². The summed E-state index contributed by atoms with van der Waals surface area (Å²) in [6.07, 6.45) is 7.01. The van der Waals surface area contributed by atoms with Crippen molar-refractivity contribution in [2.45, 2.75) is 18.9 Å². The second kappa shape index (κ2) is 3.97. The average Bonchev–Trinajstić information content (AvgIpc) is 3.01. The molecule has 0 amide bonds. The summed E-state index contributed by atoms with van der Waals surface area (Å²) in [4.78, 5) is 12.2. The Kier molecular flexibility index (Phi) is 2.34. The summed E-state index contributed by atoms with van der Waals surface area (Å²) in [5.41, 5.74) is 0.749. The fourth-order valence-electron chi connectivity index (χ4n) is 1.81. The molecule has 1 aliphatic heterocycles. The van der Waals surface area contributed by atoms with Gasteiger partial charge in [-0.15, -0.1) is 0 Å². The van der Waals surface area contributed by atoms with Gasteiger partial charge in [0.1, 0.15) is 6.33 Å². The lowest BCUT2D eigenvalue weighted by atomic mass is 10.2. The minimum absolute atomic E-state index is 0.224. The Morgan fingerprint density at radius 2 is 2.19 bits per heavy atom. The van der Waals surface area contributed by atoms with Crippen LogP contribution in [0.1, 0.15) is 24.7 Å². The van der Waals surface area contributed by atoms with Gasteiger partial charge in [0.2, 0.25) is 0 Å². The van der Waals surface area contributed by atoms with Crippen molar-refractivity contribution in [1.29, 1.82) is 0 Å². The summed E-state index contributed by atoms with van der Waals surface area (Å²) < 4.78 is 5.18. The lowest BCUT2D eigenvalue weighted by Gasteiger charge is -2.01. The molecule has 0 aromatic carbocycles. The zero-order chi connectivity index (χ0) is 10.8. The second-order valence-corrected chi connectivity index (χ2v) is 3.73. The molecule has 16 heavy (non-hydrogen) atoms. The predicted molar refractivity (Wildman–Crippen MR) is 55.3 cm³/mol. The van der Waals surface area contributed by atoms with Gasteiger partial charge in [-0.05, 0) is 19.4 Å². The lowest BCUT2D eigenvalue weighted by molar-refractivity contribution is 0.412. The molecule has 0 aliphatic carbocycles. The zero-order valence-electron chi connectivity index (χ0n) is 8.63. The van der Waals surface area contributed by atoms with E-state index in [1.54, 1.807) is 12.4 Å². The summed E-state index contributed by atoms with van der Waals surface area (Å²) in [5, 5.41) is 7.29. The van der Waals surface area contributed by atoms with Gasteiger partial charge < -0.3 is 9.84 Å². The van der Waals surface area contributed by atoms with E-state index in [0.29, 0.717) is 5.89 Å². The van der Waals surface area contributed by atoms with Gasteiger partial charge in [-0.1, -0.05) is 5.16 Å². The van der Waals surface area contributed by atoms with Crippen molar-refractivity contribution in [3.8, 4) is 11.5 Å². The molecule has 6 nitrogen and oxygen atoms in total. The molecule has 1 atom stereocenters. The molecule has 0 bridgehead atoms. The molecule has 1 N–H and O–H groups in total. The molecule has 2 aromatic heterocycles. The minimum atomic E-state index is 0.224. The van der Waals surface area contributed by atoms with E-state index >= 15 is 0 Å². The average molecular weight is 217 g/mol. The first-order chi connectivity index (χ1) is 7.93. The summed E-state index contributed by atoms with van der Waals surface area (Å²) in [7, 11) is 0. The smallest absolute Gasteiger partial charge is 0.261 e. The van der Waals surface area contributed by atoms with Gasteiger partial charge in [-0.2, -0.15) is 4.98 Å². The Hall–Kier alpha value is -1.82. The monoisotopic (exact) mass is 217 g/mol. The molecule has 1 saturated heterocycles. The Bertz CT molecular complexity index is 463. The summed E-state index contributed by atoms with van der Waals surface area (Å²) >= 11 is 0. The fraction of sp³-hybridized carbons (Fsp3) is 0.400. The maximum Gasteiger partial charge on any atom is 0.261 e. The first-order valence-electron chi connectivity index (χ1n) is 5.26. The predicted octanol–water partition coefficient (Wildman–Crippen LogP) is 0.951. The Balaban J connectivity index is 1.87. The number of rotatable bonds is 2. The Morgan fingerprint density at radius 1 is 1.31 bits per heavy atom. The van der Waals surface area contributed by atoms with Crippen LogP contribution in [0.5, 0.6) is 0 Å². The van der Waals surface area contributed by atoms with E-state index in [2.05, 4.69) is 25.4 Å². The summed E-state index contributed by atoms with van der Waals surface area (Å²) in [5.74, 6) is 1.20. The molecule has 1 fully saturated rings. The van der Waals surface area contributed by atoms with E-state index in [0.717, 1.165) is 30.8 Å². The molecule has 3 heterocycles. The summed E-state index contributed by atoms with van der Waals surface area (Å²) in [6.45, 7) is 1.02. The molecule has 0 saturated carbocycles. The third kappa shape index (κ3) is 1.67. The van der Waals surface area contributed by atoms with Crippen molar-refractivity contribution < 1.29 is 4.52 Å². The fourth-order valence-corrected chi connectivity index (χ4v) is 1.81. The van der Waals surface area contributed by atoms with Crippen molar-refractivity contribution in [3.05, 3.63) is 24.5 Å². The standard InChI is InChI=1S/C10H11N5O/c1-2-8(13-3-1)9-14-10(16-15-9)7-4-11-6-12-5-7/h4-6,8,13H,1-3H2. The first kappa shape index (κ1) is 9.41. The van der Waals surface area contributed by atoms with Crippen LogP contribution in [-0.4, -0.2) is 26.7 Å². The third-order valence-electron chi connectivity index (χ3n) is 2.62. The van der Waals surface area contributed by atoms with Crippen molar-refractivity contribution >= 4 is 0 Å². The molecule has 1 unspecified atom stereocenters. The van der Waals surface area contributed by atoms with Gasteiger partial charge in [0.15, 0.2) is 5.82 Å². The molecular formula is C10H11N5O. The maximum atomic E-state index is 5.18. The highest BCUT2D eigenvalue weighted by Crippen LogP contribution is 2.23. The van der Waals surface area contributed by atoms with Crippen LogP contribution >= 0.6 is 0 Å². The third-order valence-corrected chi connectivity index (χ3v) is 2.62. The maximum absolute atomic E-state index is 5.18. The van der Waals surface area contributed by atoms with Gasteiger partial charge >= 0.3 is 0 Å². The normalized spacial score (nSPS) is 20.1. The molecular weight excluding hydrogens is 206 g/mol. The first-order valence-corrected chi connectivity index (χ1v) is 5.26. The Morgan fingerprint density at radius 3 is 2.94 bits per heavy atom. The molecule has 3 rings (SSSR count). The molecule has 1 aliphatic rings. The molecule has 0 spiro atoms. The largest absolute Gasteiger partial charge is 0.334 e. The van der Waals surface area contributed by atoms with Crippen molar-refractivity contribution in [1.82, 2.24) is 25.4 Å².